The Morgan fingerprint density at radius 2 is 1.50 bits per heavy atom. The molecule has 0 aliphatic carbocycles. The van der Waals surface area contributed by atoms with Crippen LogP contribution in [0.4, 0.5) is 0 Å². The van der Waals surface area contributed by atoms with Gasteiger partial charge in [0.25, 0.3) is 0 Å². The zero-order chi connectivity index (χ0) is 15.6. The van der Waals surface area contributed by atoms with Gasteiger partial charge in [0.05, 0.1) is 6.10 Å². The lowest BCUT2D eigenvalue weighted by molar-refractivity contribution is 0.361. The standard InChI is InChI=1S/C21H34O/c1-3-5-7-8-9-10-11-14-18-15-12-13-16-19(18)21-20(22-21)17-6-4-2/h12-13,15-16,20-21H,3-11,14,17H2,1-2H3. The third-order valence-corrected chi connectivity index (χ3v) is 4.84. The molecule has 1 aliphatic heterocycles. The van der Waals surface area contributed by atoms with Crippen LogP contribution in [0.5, 0.6) is 0 Å². The number of benzene rings is 1. The molecule has 0 aromatic heterocycles. The minimum Gasteiger partial charge on any atom is -0.364 e. The number of aryl methyl sites for hydroxylation is 1. The van der Waals surface area contributed by atoms with Gasteiger partial charge in [-0.05, 0) is 30.4 Å². The topological polar surface area (TPSA) is 12.5 Å². The van der Waals surface area contributed by atoms with E-state index in [4.69, 9.17) is 4.74 Å². The van der Waals surface area contributed by atoms with E-state index in [1.54, 1.807) is 0 Å². The van der Waals surface area contributed by atoms with Gasteiger partial charge in [-0.3, -0.25) is 0 Å². The minimum absolute atomic E-state index is 0.396. The second-order valence-electron chi connectivity index (χ2n) is 6.81. The Hall–Kier alpha value is -0.820. The van der Waals surface area contributed by atoms with Gasteiger partial charge in [0.15, 0.2) is 0 Å². The van der Waals surface area contributed by atoms with Crippen molar-refractivity contribution < 1.29 is 4.74 Å². The number of rotatable bonds is 12. The maximum absolute atomic E-state index is 5.92. The molecule has 2 atom stereocenters. The Bertz CT molecular complexity index is 412. The highest BCUT2D eigenvalue weighted by atomic mass is 16.6. The lowest BCUT2D eigenvalue weighted by Crippen LogP contribution is -1.96. The van der Waals surface area contributed by atoms with Gasteiger partial charge in [-0.15, -0.1) is 0 Å². The number of hydrogen-bond acceptors (Lipinski definition) is 1. The Morgan fingerprint density at radius 3 is 2.27 bits per heavy atom. The summed E-state index contributed by atoms with van der Waals surface area (Å²) >= 11 is 0. The number of epoxide rings is 1. The maximum Gasteiger partial charge on any atom is 0.109 e. The van der Waals surface area contributed by atoms with E-state index in [-0.39, 0.29) is 0 Å². The summed E-state index contributed by atoms with van der Waals surface area (Å²) < 4.78 is 5.92. The molecule has 124 valence electrons. The van der Waals surface area contributed by atoms with Crippen molar-refractivity contribution in [1.29, 1.82) is 0 Å². The highest BCUT2D eigenvalue weighted by molar-refractivity contribution is 5.32. The zero-order valence-corrected chi connectivity index (χ0v) is 14.7. The fourth-order valence-corrected chi connectivity index (χ4v) is 3.35. The molecular formula is C21H34O. The SMILES string of the molecule is CCCCCCCCCc1ccccc1C1OC1CCCC. The van der Waals surface area contributed by atoms with Crippen molar-refractivity contribution in [2.24, 2.45) is 0 Å². The van der Waals surface area contributed by atoms with Crippen LogP contribution >= 0.6 is 0 Å². The largest absolute Gasteiger partial charge is 0.364 e. The number of unbranched alkanes of at least 4 members (excludes halogenated alkanes) is 7. The fraction of sp³-hybridized carbons (Fsp3) is 0.714. The molecule has 1 aromatic carbocycles. The quantitative estimate of drug-likeness (QED) is 0.312. The summed E-state index contributed by atoms with van der Waals surface area (Å²) in [5.41, 5.74) is 3.00. The molecule has 22 heavy (non-hydrogen) atoms. The second-order valence-corrected chi connectivity index (χ2v) is 6.81. The molecule has 0 amide bonds. The van der Waals surface area contributed by atoms with Gasteiger partial charge in [0.2, 0.25) is 0 Å². The van der Waals surface area contributed by atoms with Crippen LogP contribution in [0.25, 0.3) is 0 Å². The predicted molar refractivity (Wildman–Crippen MR) is 95.3 cm³/mol. The second kappa shape index (κ2) is 10.0. The van der Waals surface area contributed by atoms with Gasteiger partial charge in [-0.25, -0.2) is 0 Å². The van der Waals surface area contributed by atoms with E-state index in [1.807, 2.05) is 0 Å². The van der Waals surface area contributed by atoms with Gasteiger partial charge >= 0.3 is 0 Å². The monoisotopic (exact) mass is 302 g/mol. The van der Waals surface area contributed by atoms with Crippen molar-refractivity contribution >= 4 is 0 Å². The summed E-state index contributed by atoms with van der Waals surface area (Å²) in [4.78, 5) is 0. The molecular weight excluding hydrogens is 268 g/mol. The van der Waals surface area contributed by atoms with Gasteiger partial charge in [-0.1, -0.05) is 89.5 Å². The smallest absolute Gasteiger partial charge is 0.109 e. The first kappa shape index (κ1) is 17.5. The minimum atomic E-state index is 0.396. The van der Waals surface area contributed by atoms with E-state index in [9.17, 15) is 0 Å². The average molecular weight is 303 g/mol. The van der Waals surface area contributed by atoms with Crippen molar-refractivity contribution in [3.63, 3.8) is 0 Å². The molecule has 1 heterocycles. The maximum atomic E-state index is 5.92. The van der Waals surface area contributed by atoms with Crippen LogP contribution < -0.4 is 0 Å². The molecule has 0 radical (unpaired) electrons. The Morgan fingerprint density at radius 1 is 0.818 bits per heavy atom. The van der Waals surface area contributed by atoms with Crippen LogP contribution in [0.15, 0.2) is 24.3 Å². The summed E-state index contributed by atoms with van der Waals surface area (Å²) in [5, 5.41) is 0. The zero-order valence-electron chi connectivity index (χ0n) is 14.7. The van der Waals surface area contributed by atoms with E-state index in [0.29, 0.717) is 12.2 Å². The van der Waals surface area contributed by atoms with Crippen molar-refractivity contribution in [3.8, 4) is 0 Å². The predicted octanol–water partition coefficient (Wildman–Crippen LogP) is 6.61. The third-order valence-electron chi connectivity index (χ3n) is 4.84. The molecule has 1 fully saturated rings. The van der Waals surface area contributed by atoms with Crippen molar-refractivity contribution in [2.75, 3.05) is 0 Å². The van der Waals surface area contributed by atoms with Gasteiger partial charge in [0.1, 0.15) is 6.10 Å². The normalized spacial score (nSPS) is 20.3. The molecule has 0 bridgehead atoms. The highest BCUT2D eigenvalue weighted by Crippen LogP contribution is 2.43. The summed E-state index contributed by atoms with van der Waals surface area (Å²) in [5.74, 6) is 0. The summed E-state index contributed by atoms with van der Waals surface area (Å²) in [7, 11) is 0. The van der Waals surface area contributed by atoms with Crippen LogP contribution in [0, 0.1) is 0 Å². The molecule has 0 saturated carbocycles. The third kappa shape index (κ3) is 5.76. The summed E-state index contributed by atoms with van der Waals surface area (Å²) in [6, 6.07) is 8.95. The van der Waals surface area contributed by atoms with E-state index in [0.717, 1.165) is 0 Å². The van der Waals surface area contributed by atoms with Crippen LogP contribution in [-0.4, -0.2) is 6.10 Å². The van der Waals surface area contributed by atoms with Crippen molar-refractivity contribution in [1.82, 2.24) is 0 Å². The van der Waals surface area contributed by atoms with Crippen molar-refractivity contribution in [3.05, 3.63) is 35.4 Å². The van der Waals surface area contributed by atoms with E-state index in [1.165, 1.54) is 81.8 Å². The average Bonchev–Trinajstić information content (AvgIpc) is 3.32. The molecule has 1 saturated heterocycles. The fourth-order valence-electron chi connectivity index (χ4n) is 3.35. The molecule has 1 heteroatoms. The number of ether oxygens (including phenoxy) is 1. The van der Waals surface area contributed by atoms with Gasteiger partial charge < -0.3 is 4.74 Å². The highest BCUT2D eigenvalue weighted by Gasteiger charge is 2.40. The van der Waals surface area contributed by atoms with Crippen LogP contribution in [0.1, 0.15) is 95.3 Å². The van der Waals surface area contributed by atoms with Crippen LogP contribution in [-0.2, 0) is 11.2 Å². The molecule has 0 spiro atoms. The van der Waals surface area contributed by atoms with E-state index >= 15 is 0 Å². The van der Waals surface area contributed by atoms with E-state index in [2.05, 4.69) is 38.1 Å². The Labute approximate surface area is 137 Å². The lowest BCUT2D eigenvalue weighted by atomic mass is 9.96. The lowest BCUT2D eigenvalue weighted by Gasteiger charge is -2.07. The molecule has 2 unspecified atom stereocenters. The first-order valence-electron chi connectivity index (χ1n) is 9.60. The molecule has 1 nitrogen and oxygen atoms in total. The van der Waals surface area contributed by atoms with Crippen LogP contribution in [0.2, 0.25) is 0 Å². The first-order valence-corrected chi connectivity index (χ1v) is 9.60. The van der Waals surface area contributed by atoms with Crippen molar-refractivity contribution in [2.45, 2.75) is 96.7 Å². The van der Waals surface area contributed by atoms with Gasteiger partial charge in [-0.2, -0.15) is 0 Å². The van der Waals surface area contributed by atoms with Gasteiger partial charge in [0, 0.05) is 0 Å². The molecule has 1 aromatic rings. The first-order chi connectivity index (χ1) is 10.9. The molecule has 0 N–H and O–H groups in total. The van der Waals surface area contributed by atoms with E-state index < -0.39 is 0 Å². The molecule has 2 rings (SSSR count). The molecule has 1 aliphatic rings. The Kier molecular flexibility index (Phi) is 8.01. The summed E-state index contributed by atoms with van der Waals surface area (Å²) in [6.45, 7) is 4.54. The summed E-state index contributed by atoms with van der Waals surface area (Å²) in [6.07, 6.45) is 15.6. The van der Waals surface area contributed by atoms with Crippen LogP contribution in [0.3, 0.4) is 0 Å². The number of hydrogen-bond donors (Lipinski definition) is 0. The Balaban J connectivity index is 1.70.